The number of aliphatic carboxylic acids is 1. The molecule has 1 N–H and O–H groups in total. The molecule has 2 aliphatic heterocycles. The van der Waals surface area contributed by atoms with Gasteiger partial charge in [0.15, 0.2) is 0 Å². The Morgan fingerprint density at radius 2 is 1.83 bits per heavy atom. The highest BCUT2D eigenvalue weighted by molar-refractivity contribution is 7.99. The number of hydrogen-bond donors (Lipinski definition) is 1. The van der Waals surface area contributed by atoms with Crippen molar-refractivity contribution in [3.63, 3.8) is 0 Å². The van der Waals surface area contributed by atoms with E-state index in [-0.39, 0.29) is 18.4 Å². The molecule has 0 spiro atoms. The van der Waals surface area contributed by atoms with Crippen molar-refractivity contribution < 1.29 is 19.5 Å². The van der Waals surface area contributed by atoms with Gasteiger partial charge in [0.05, 0.1) is 5.88 Å². The fourth-order valence-corrected chi connectivity index (χ4v) is 4.33. The van der Waals surface area contributed by atoms with E-state index in [2.05, 4.69) is 0 Å². The van der Waals surface area contributed by atoms with Crippen LogP contribution in [0.2, 0.25) is 0 Å². The standard InChI is InChI=1S/C16H18N2O4S/c1-10(19)18-9-23-8-14(18)15(20)17-7-12-5-3-2-4-11(12)6-13(17)16(21)22/h2-5,13-14H,6-9H2,1H3,(H,21,22)/t13-,14-/m1/s1. The van der Waals surface area contributed by atoms with Gasteiger partial charge in [0, 0.05) is 25.6 Å². The third kappa shape index (κ3) is 2.93. The van der Waals surface area contributed by atoms with Gasteiger partial charge in [-0.1, -0.05) is 24.3 Å². The van der Waals surface area contributed by atoms with Gasteiger partial charge in [0.25, 0.3) is 0 Å². The van der Waals surface area contributed by atoms with Crippen LogP contribution >= 0.6 is 11.8 Å². The van der Waals surface area contributed by atoms with Crippen LogP contribution in [0.3, 0.4) is 0 Å². The van der Waals surface area contributed by atoms with Crippen molar-refractivity contribution in [1.29, 1.82) is 0 Å². The number of nitrogens with zero attached hydrogens (tertiary/aromatic N) is 2. The van der Waals surface area contributed by atoms with Crippen LogP contribution in [0.4, 0.5) is 0 Å². The highest BCUT2D eigenvalue weighted by Crippen LogP contribution is 2.28. The molecule has 2 aliphatic rings. The maximum atomic E-state index is 12.9. The minimum atomic E-state index is -1.01. The number of carboxylic acids is 1. The van der Waals surface area contributed by atoms with Crippen LogP contribution < -0.4 is 0 Å². The number of rotatable bonds is 2. The predicted octanol–water partition coefficient (Wildman–Crippen LogP) is 0.946. The molecule has 1 saturated heterocycles. The molecule has 2 heterocycles. The zero-order valence-corrected chi connectivity index (χ0v) is 13.6. The van der Waals surface area contributed by atoms with Crippen LogP contribution in [-0.4, -0.2) is 56.4 Å². The molecule has 7 heteroatoms. The van der Waals surface area contributed by atoms with Crippen molar-refractivity contribution >= 4 is 29.5 Å². The van der Waals surface area contributed by atoms with Gasteiger partial charge in [-0.3, -0.25) is 9.59 Å². The molecule has 2 amide bonds. The van der Waals surface area contributed by atoms with Gasteiger partial charge < -0.3 is 14.9 Å². The van der Waals surface area contributed by atoms with Gasteiger partial charge in [-0.2, -0.15) is 0 Å². The average molecular weight is 334 g/mol. The van der Waals surface area contributed by atoms with Gasteiger partial charge in [-0.15, -0.1) is 11.8 Å². The van der Waals surface area contributed by atoms with Crippen molar-refractivity contribution in [3.8, 4) is 0 Å². The first-order valence-electron chi connectivity index (χ1n) is 7.44. The highest BCUT2D eigenvalue weighted by Gasteiger charge is 2.41. The lowest BCUT2D eigenvalue weighted by atomic mass is 9.93. The SMILES string of the molecule is CC(=O)N1CSC[C@@H]1C(=O)N1Cc2ccccc2C[C@@H]1C(=O)O. The lowest BCUT2D eigenvalue weighted by Gasteiger charge is -2.37. The Kier molecular flexibility index (Phi) is 4.30. The second kappa shape index (κ2) is 6.23. The Hall–Kier alpha value is -2.02. The maximum Gasteiger partial charge on any atom is 0.326 e. The Labute approximate surface area is 138 Å². The summed E-state index contributed by atoms with van der Waals surface area (Å²) in [6.45, 7) is 1.71. The van der Waals surface area contributed by atoms with Crippen LogP contribution in [0.25, 0.3) is 0 Å². The summed E-state index contributed by atoms with van der Waals surface area (Å²) in [4.78, 5) is 39.1. The number of carboxylic acid groups (broad SMARTS) is 1. The van der Waals surface area contributed by atoms with Crippen molar-refractivity contribution in [2.75, 3.05) is 11.6 Å². The topological polar surface area (TPSA) is 77.9 Å². The Morgan fingerprint density at radius 1 is 1.13 bits per heavy atom. The first kappa shape index (κ1) is 15.9. The number of hydrogen-bond acceptors (Lipinski definition) is 4. The average Bonchev–Trinajstić information content (AvgIpc) is 3.02. The van der Waals surface area contributed by atoms with E-state index in [0.717, 1.165) is 11.1 Å². The Bertz CT molecular complexity index is 663. The molecule has 1 aromatic carbocycles. The maximum absolute atomic E-state index is 12.9. The van der Waals surface area contributed by atoms with Crippen LogP contribution in [0.1, 0.15) is 18.1 Å². The quantitative estimate of drug-likeness (QED) is 0.871. The first-order valence-corrected chi connectivity index (χ1v) is 8.59. The Balaban J connectivity index is 1.89. The summed E-state index contributed by atoms with van der Waals surface area (Å²) >= 11 is 1.52. The zero-order chi connectivity index (χ0) is 16.6. The molecule has 1 aromatic rings. The number of amides is 2. The molecule has 0 saturated carbocycles. The second-order valence-electron chi connectivity index (χ2n) is 5.80. The molecule has 3 rings (SSSR count). The predicted molar refractivity (Wildman–Crippen MR) is 85.8 cm³/mol. The van der Waals surface area contributed by atoms with E-state index in [1.807, 2.05) is 24.3 Å². The molecule has 0 bridgehead atoms. The van der Waals surface area contributed by atoms with Crippen molar-refractivity contribution in [1.82, 2.24) is 9.80 Å². The number of fused-ring (bicyclic) bond motifs is 1. The minimum Gasteiger partial charge on any atom is -0.480 e. The van der Waals surface area contributed by atoms with Gasteiger partial charge in [0.2, 0.25) is 11.8 Å². The minimum absolute atomic E-state index is 0.155. The molecule has 1 fully saturated rings. The summed E-state index contributed by atoms with van der Waals surface area (Å²) in [5.41, 5.74) is 1.94. The summed E-state index contributed by atoms with van der Waals surface area (Å²) in [5.74, 6) is -0.436. The first-order chi connectivity index (χ1) is 11.0. The van der Waals surface area contributed by atoms with Crippen LogP contribution in [-0.2, 0) is 27.3 Å². The van der Waals surface area contributed by atoms with E-state index in [9.17, 15) is 19.5 Å². The van der Waals surface area contributed by atoms with E-state index in [1.54, 1.807) is 0 Å². The fraction of sp³-hybridized carbons (Fsp3) is 0.438. The van der Waals surface area contributed by atoms with Crippen molar-refractivity contribution in [3.05, 3.63) is 35.4 Å². The third-order valence-electron chi connectivity index (χ3n) is 4.39. The molecule has 0 aromatic heterocycles. The van der Waals surface area contributed by atoms with E-state index in [4.69, 9.17) is 0 Å². The van der Waals surface area contributed by atoms with Crippen molar-refractivity contribution in [2.45, 2.75) is 32.0 Å². The summed E-state index contributed by atoms with van der Waals surface area (Å²) in [6.07, 6.45) is 0.303. The van der Waals surface area contributed by atoms with Crippen LogP contribution in [0, 0.1) is 0 Å². The molecule has 6 nitrogen and oxygen atoms in total. The monoisotopic (exact) mass is 334 g/mol. The van der Waals surface area contributed by atoms with E-state index in [1.165, 1.54) is 28.5 Å². The summed E-state index contributed by atoms with van der Waals surface area (Å²) < 4.78 is 0. The Morgan fingerprint density at radius 3 is 2.48 bits per heavy atom. The van der Waals surface area contributed by atoms with Crippen LogP contribution in [0.15, 0.2) is 24.3 Å². The smallest absolute Gasteiger partial charge is 0.326 e. The number of thioether (sulfide) groups is 1. The normalized spacial score (nSPS) is 23.5. The van der Waals surface area contributed by atoms with Gasteiger partial charge in [0.1, 0.15) is 12.1 Å². The summed E-state index contributed by atoms with van der Waals surface area (Å²) in [6, 6.07) is 6.14. The zero-order valence-electron chi connectivity index (χ0n) is 12.8. The lowest BCUT2D eigenvalue weighted by molar-refractivity contribution is -0.154. The second-order valence-corrected chi connectivity index (χ2v) is 6.80. The molecule has 23 heavy (non-hydrogen) atoms. The van der Waals surface area contributed by atoms with E-state index < -0.39 is 18.1 Å². The number of benzene rings is 1. The molecule has 0 unspecified atom stereocenters. The molecule has 122 valence electrons. The highest BCUT2D eigenvalue weighted by atomic mass is 32.2. The van der Waals surface area contributed by atoms with Gasteiger partial charge >= 0.3 is 5.97 Å². The van der Waals surface area contributed by atoms with Crippen molar-refractivity contribution in [2.24, 2.45) is 0 Å². The summed E-state index contributed by atoms with van der Waals surface area (Å²) in [5, 5.41) is 9.52. The number of carbonyl (C=O) groups excluding carboxylic acids is 2. The fourth-order valence-electron chi connectivity index (χ4n) is 3.12. The number of carbonyl (C=O) groups is 3. The van der Waals surface area contributed by atoms with E-state index >= 15 is 0 Å². The third-order valence-corrected chi connectivity index (χ3v) is 5.40. The molecule has 0 aliphatic carbocycles. The lowest BCUT2D eigenvalue weighted by Crippen LogP contribution is -2.55. The molecule has 2 atom stereocenters. The van der Waals surface area contributed by atoms with Crippen LogP contribution in [0.5, 0.6) is 0 Å². The molecule has 0 radical (unpaired) electrons. The van der Waals surface area contributed by atoms with Gasteiger partial charge in [-0.25, -0.2) is 4.79 Å². The van der Waals surface area contributed by atoms with E-state index in [0.29, 0.717) is 18.1 Å². The molecular formula is C16H18N2O4S. The largest absolute Gasteiger partial charge is 0.480 e. The summed E-state index contributed by atoms with van der Waals surface area (Å²) in [7, 11) is 0. The van der Waals surface area contributed by atoms with Gasteiger partial charge in [-0.05, 0) is 11.1 Å². The molecular weight excluding hydrogens is 316 g/mol.